The van der Waals surface area contributed by atoms with Crippen LogP contribution >= 0.6 is 0 Å². The van der Waals surface area contributed by atoms with Crippen molar-refractivity contribution in [2.75, 3.05) is 13.1 Å². The standard InChI is InChI=1S/C18H20N2O2/c21-17(22)18(20-12-6-7-13-20,15-8-2-1-3-9-15)14-16-10-4-5-11-19-16/h1-5,8-11H,6-7,12-14H2,(H,21,22). The highest BCUT2D eigenvalue weighted by atomic mass is 16.4. The SMILES string of the molecule is O=C(O)C(Cc1ccccn1)(c1ccccc1)N1CCCC1. The molecular formula is C18H20N2O2. The van der Waals surface area contributed by atoms with Crippen LogP contribution in [-0.2, 0) is 16.8 Å². The van der Waals surface area contributed by atoms with Crippen LogP contribution in [0.2, 0.25) is 0 Å². The molecule has 22 heavy (non-hydrogen) atoms. The average molecular weight is 296 g/mol. The maximum absolute atomic E-state index is 12.3. The van der Waals surface area contributed by atoms with Crippen LogP contribution in [0.4, 0.5) is 0 Å². The molecule has 0 bridgehead atoms. The van der Waals surface area contributed by atoms with Gasteiger partial charge in [-0.2, -0.15) is 0 Å². The maximum atomic E-state index is 12.3. The van der Waals surface area contributed by atoms with Gasteiger partial charge in [0, 0.05) is 18.3 Å². The molecule has 2 aromatic rings. The molecule has 1 aromatic carbocycles. The lowest BCUT2D eigenvalue weighted by Gasteiger charge is -2.38. The Hall–Kier alpha value is -2.20. The van der Waals surface area contributed by atoms with Gasteiger partial charge in [-0.25, -0.2) is 4.79 Å². The third-order valence-corrected chi connectivity index (χ3v) is 4.41. The van der Waals surface area contributed by atoms with Gasteiger partial charge in [-0.15, -0.1) is 0 Å². The van der Waals surface area contributed by atoms with Crippen LogP contribution in [0.5, 0.6) is 0 Å². The maximum Gasteiger partial charge on any atom is 0.329 e. The van der Waals surface area contributed by atoms with Gasteiger partial charge in [0.1, 0.15) is 0 Å². The summed E-state index contributed by atoms with van der Waals surface area (Å²) in [6, 6.07) is 15.2. The van der Waals surface area contributed by atoms with E-state index in [1.807, 2.05) is 48.5 Å². The van der Waals surface area contributed by atoms with Gasteiger partial charge in [0.15, 0.2) is 5.54 Å². The summed E-state index contributed by atoms with van der Waals surface area (Å²) in [5.74, 6) is -0.800. The van der Waals surface area contributed by atoms with E-state index in [-0.39, 0.29) is 0 Å². The van der Waals surface area contributed by atoms with E-state index in [9.17, 15) is 9.90 Å². The highest BCUT2D eigenvalue weighted by Crippen LogP contribution is 2.35. The van der Waals surface area contributed by atoms with Gasteiger partial charge < -0.3 is 5.11 Å². The summed E-state index contributed by atoms with van der Waals surface area (Å²) in [6.07, 6.45) is 4.19. The molecule has 0 spiro atoms. The fourth-order valence-corrected chi connectivity index (χ4v) is 3.31. The molecule has 0 amide bonds. The number of pyridine rings is 1. The molecule has 1 aliphatic heterocycles. The third-order valence-electron chi connectivity index (χ3n) is 4.41. The number of carboxylic acid groups (broad SMARTS) is 1. The molecule has 1 aromatic heterocycles. The van der Waals surface area contributed by atoms with Crippen LogP contribution in [0.25, 0.3) is 0 Å². The zero-order valence-corrected chi connectivity index (χ0v) is 12.5. The van der Waals surface area contributed by atoms with Crippen molar-refractivity contribution in [3.63, 3.8) is 0 Å². The summed E-state index contributed by atoms with van der Waals surface area (Å²) in [7, 11) is 0. The van der Waals surface area contributed by atoms with Gasteiger partial charge in [0.2, 0.25) is 0 Å². The van der Waals surface area contributed by atoms with Crippen LogP contribution in [0, 0.1) is 0 Å². The highest BCUT2D eigenvalue weighted by molar-refractivity contribution is 5.81. The third kappa shape index (κ3) is 2.62. The van der Waals surface area contributed by atoms with Crippen LogP contribution in [0.1, 0.15) is 24.1 Å². The Morgan fingerprint density at radius 1 is 1.09 bits per heavy atom. The first-order valence-corrected chi connectivity index (χ1v) is 7.67. The van der Waals surface area contributed by atoms with Crippen molar-refractivity contribution in [1.82, 2.24) is 9.88 Å². The number of likely N-dealkylation sites (tertiary alicyclic amines) is 1. The Bertz CT molecular complexity index is 624. The normalized spacial score (nSPS) is 18.0. The van der Waals surface area contributed by atoms with E-state index < -0.39 is 11.5 Å². The second kappa shape index (κ2) is 6.28. The molecule has 0 aliphatic carbocycles. The summed E-state index contributed by atoms with van der Waals surface area (Å²) >= 11 is 0. The predicted molar refractivity (Wildman–Crippen MR) is 84.5 cm³/mol. The van der Waals surface area contributed by atoms with Crippen molar-refractivity contribution in [1.29, 1.82) is 0 Å². The van der Waals surface area contributed by atoms with Crippen molar-refractivity contribution in [2.24, 2.45) is 0 Å². The van der Waals surface area contributed by atoms with E-state index in [0.29, 0.717) is 6.42 Å². The van der Waals surface area contributed by atoms with Crippen LogP contribution in [0.3, 0.4) is 0 Å². The lowest BCUT2D eigenvalue weighted by atomic mass is 9.83. The number of rotatable bonds is 5. The molecule has 2 heterocycles. The number of aromatic nitrogens is 1. The lowest BCUT2D eigenvalue weighted by Crippen LogP contribution is -2.52. The predicted octanol–water partition coefficient (Wildman–Crippen LogP) is 2.70. The number of carboxylic acids is 1. The van der Waals surface area contributed by atoms with Gasteiger partial charge in [-0.3, -0.25) is 9.88 Å². The van der Waals surface area contributed by atoms with Crippen molar-refractivity contribution < 1.29 is 9.90 Å². The topological polar surface area (TPSA) is 53.4 Å². The number of hydrogen-bond acceptors (Lipinski definition) is 3. The zero-order valence-electron chi connectivity index (χ0n) is 12.5. The first-order chi connectivity index (χ1) is 10.7. The van der Waals surface area contributed by atoms with Gasteiger partial charge in [-0.05, 0) is 43.6 Å². The Balaban J connectivity index is 2.08. The minimum absolute atomic E-state index is 0.382. The number of hydrogen-bond donors (Lipinski definition) is 1. The molecule has 1 saturated heterocycles. The number of nitrogens with zero attached hydrogens (tertiary/aromatic N) is 2. The summed E-state index contributed by atoms with van der Waals surface area (Å²) in [6.45, 7) is 1.63. The second-order valence-corrected chi connectivity index (χ2v) is 5.72. The Morgan fingerprint density at radius 2 is 1.77 bits per heavy atom. The van der Waals surface area contributed by atoms with E-state index in [2.05, 4.69) is 9.88 Å². The van der Waals surface area contributed by atoms with Crippen molar-refractivity contribution >= 4 is 5.97 Å². The molecule has 1 aliphatic rings. The zero-order chi connectivity index (χ0) is 15.4. The summed E-state index contributed by atoms with van der Waals surface area (Å²) in [4.78, 5) is 18.8. The fourth-order valence-electron chi connectivity index (χ4n) is 3.31. The summed E-state index contributed by atoms with van der Waals surface area (Å²) in [5, 5.41) is 10.1. The van der Waals surface area contributed by atoms with Crippen molar-refractivity contribution in [3.05, 3.63) is 66.0 Å². The minimum atomic E-state index is -1.04. The first kappa shape index (κ1) is 14.7. The largest absolute Gasteiger partial charge is 0.480 e. The van der Waals surface area contributed by atoms with Crippen molar-refractivity contribution in [3.8, 4) is 0 Å². The average Bonchev–Trinajstić information content (AvgIpc) is 3.09. The quantitative estimate of drug-likeness (QED) is 0.921. The number of carbonyl (C=O) groups is 1. The molecule has 114 valence electrons. The summed E-state index contributed by atoms with van der Waals surface area (Å²) < 4.78 is 0. The molecule has 1 N–H and O–H groups in total. The lowest BCUT2D eigenvalue weighted by molar-refractivity contribution is -0.152. The molecule has 3 rings (SSSR count). The molecule has 1 unspecified atom stereocenters. The molecule has 1 fully saturated rings. The monoisotopic (exact) mass is 296 g/mol. The molecule has 4 heteroatoms. The van der Waals surface area contributed by atoms with Gasteiger partial charge >= 0.3 is 5.97 Å². The van der Waals surface area contributed by atoms with Gasteiger partial charge in [-0.1, -0.05) is 36.4 Å². The van der Waals surface area contributed by atoms with Crippen LogP contribution in [-0.4, -0.2) is 34.0 Å². The Labute approximate surface area is 130 Å². The molecule has 4 nitrogen and oxygen atoms in total. The minimum Gasteiger partial charge on any atom is -0.480 e. The second-order valence-electron chi connectivity index (χ2n) is 5.72. The van der Waals surface area contributed by atoms with Crippen LogP contribution in [0.15, 0.2) is 54.7 Å². The van der Waals surface area contributed by atoms with E-state index in [1.165, 1.54) is 0 Å². The molecule has 1 atom stereocenters. The fraction of sp³-hybridized carbons (Fsp3) is 0.333. The highest BCUT2D eigenvalue weighted by Gasteiger charge is 2.47. The van der Waals surface area contributed by atoms with E-state index in [4.69, 9.17) is 0 Å². The first-order valence-electron chi connectivity index (χ1n) is 7.67. The van der Waals surface area contributed by atoms with Gasteiger partial charge in [0.25, 0.3) is 0 Å². The molecule has 0 radical (unpaired) electrons. The Morgan fingerprint density at radius 3 is 2.36 bits per heavy atom. The van der Waals surface area contributed by atoms with E-state index in [1.54, 1.807) is 6.20 Å². The number of aliphatic carboxylic acids is 1. The van der Waals surface area contributed by atoms with Crippen LogP contribution < -0.4 is 0 Å². The van der Waals surface area contributed by atoms with E-state index >= 15 is 0 Å². The van der Waals surface area contributed by atoms with Gasteiger partial charge in [0.05, 0.1) is 0 Å². The van der Waals surface area contributed by atoms with Crippen molar-refractivity contribution in [2.45, 2.75) is 24.8 Å². The molecule has 0 saturated carbocycles. The number of benzene rings is 1. The molecular weight excluding hydrogens is 276 g/mol. The Kier molecular flexibility index (Phi) is 4.20. The smallest absolute Gasteiger partial charge is 0.329 e. The summed E-state index contributed by atoms with van der Waals surface area (Å²) in [5.41, 5.74) is 0.599. The van der Waals surface area contributed by atoms with E-state index in [0.717, 1.165) is 37.2 Å².